The van der Waals surface area contributed by atoms with Crippen LogP contribution in [0.2, 0.25) is 0 Å². The van der Waals surface area contributed by atoms with Crippen molar-refractivity contribution in [2.75, 3.05) is 39.8 Å². The fourth-order valence-corrected chi connectivity index (χ4v) is 7.07. The van der Waals surface area contributed by atoms with Gasteiger partial charge >= 0.3 is 0 Å². The molecule has 31 heavy (non-hydrogen) atoms. The molecule has 3 aliphatic rings. The largest absolute Gasteiger partial charge is 0.319 e. The molecule has 5 atom stereocenters. The molecule has 4 heteroatoms. The number of piperidine rings is 1. The SMILES string of the molecule is CNC[C@H]1CCC[C@@H](CN[C@@H](CN2CCC(C3CC=C(Cl)CC3)C(C)(C)C2)C(C)C)C1. The number of hydrogen-bond acceptors (Lipinski definition) is 3. The van der Waals surface area contributed by atoms with E-state index in [0.717, 1.165) is 35.1 Å². The lowest BCUT2D eigenvalue weighted by Gasteiger charge is -2.49. The molecule has 2 fully saturated rings. The number of nitrogens with zero attached hydrogens (tertiary/aromatic N) is 1. The minimum absolute atomic E-state index is 0.395. The van der Waals surface area contributed by atoms with Gasteiger partial charge in [0.2, 0.25) is 0 Å². The molecule has 0 aromatic heterocycles. The first kappa shape index (κ1) is 25.5. The summed E-state index contributed by atoms with van der Waals surface area (Å²) in [6.45, 7) is 15.9. The predicted octanol–water partition coefficient (Wildman–Crippen LogP) is 5.90. The van der Waals surface area contributed by atoms with Crippen LogP contribution in [0.4, 0.5) is 0 Å². The van der Waals surface area contributed by atoms with E-state index in [2.05, 4.69) is 56.4 Å². The molecule has 2 unspecified atom stereocenters. The van der Waals surface area contributed by atoms with Crippen molar-refractivity contribution in [2.45, 2.75) is 85.1 Å². The first-order valence-corrected chi connectivity index (χ1v) is 13.6. The van der Waals surface area contributed by atoms with Gasteiger partial charge in [-0.1, -0.05) is 51.8 Å². The van der Waals surface area contributed by atoms with Crippen LogP contribution in [0.5, 0.6) is 0 Å². The smallest absolute Gasteiger partial charge is 0.0218 e. The Hall–Kier alpha value is -0.0900. The Bertz CT molecular complexity index is 571. The normalized spacial score (nSPS) is 33.3. The van der Waals surface area contributed by atoms with Crippen LogP contribution >= 0.6 is 11.6 Å². The molecular formula is C27H50ClN3. The molecule has 0 aromatic rings. The van der Waals surface area contributed by atoms with Gasteiger partial charge in [0.1, 0.15) is 0 Å². The molecule has 0 spiro atoms. The number of hydrogen-bond donors (Lipinski definition) is 2. The van der Waals surface area contributed by atoms with Gasteiger partial charge in [-0.15, -0.1) is 0 Å². The quantitative estimate of drug-likeness (QED) is 0.457. The van der Waals surface area contributed by atoms with Gasteiger partial charge in [-0.2, -0.15) is 0 Å². The summed E-state index contributed by atoms with van der Waals surface area (Å²) in [6, 6.07) is 0.605. The maximum absolute atomic E-state index is 6.25. The van der Waals surface area contributed by atoms with Crippen molar-refractivity contribution in [3.63, 3.8) is 0 Å². The van der Waals surface area contributed by atoms with Gasteiger partial charge in [0.25, 0.3) is 0 Å². The molecule has 0 aromatic carbocycles. The van der Waals surface area contributed by atoms with Crippen LogP contribution < -0.4 is 10.6 Å². The average Bonchev–Trinajstić information content (AvgIpc) is 2.72. The monoisotopic (exact) mass is 451 g/mol. The Morgan fingerprint density at radius 1 is 1.13 bits per heavy atom. The summed E-state index contributed by atoms with van der Waals surface area (Å²) in [6.07, 6.45) is 12.9. The zero-order chi connectivity index (χ0) is 22.4. The van der Waals surface area contributed by atoms with E-state index in [9.17, 15) is 0 Å². The van der Waals surface area contributed by atoms with Crippen molar-refractivity contribution in [1.82, 2.24) is 15.5 Å². The molecule has 2 N–H and O–H groups in total. The fraction of sp³-hybridized carbons (Fsp3) is 0.926. The standard InChI is InChI=1S/C27H50ClN3/c1-20(2)26(30-17-22-8-6-7-21(15-22)16-29-5)18-31-14-13-25(27(3,4)19-31)23-9-11-24(28)12-10-23/h11,20-23,25-26,29-30H,6-10,12-19H2,1-5H3/t21-,22+,23?,25?,26-/m0/s1. The maximum Gasteiger partial charge on any atom is 0.0218 e. The van der Waals surface area contributed by atoms with Crippen molar-refractivity contribution >= 4 is 11.6 Å². The third kappa shape index (κ3) is 7.45. The lowest BCUT2D eigenvalue weighted by Crippen LogP contribution is -2.53. The van der Waals surface area contributed by atoms with Crippen molar-refractivity contribution in [1.29, 1.82) is 0 Å². The van der Waals surface area contributed by atoms with Gasteiger partial charge in [0.15, 0.2) is 0 Å². The molecule has 180 valence electrons. The van der Waals surface area contributed by atoms with Crippen LogP contribution in [0, 0.1) is 35.0 Å². The summed E-state index contributed by atoms with van der Waals surface area (Å²) in [7, 11) is 2.10. The lowest BCUT2D eigenvalue weighted by molar-refractivity contribution is 0.0114. The topological polar surface area (TPSA) is 27.3 Å². The highest BCUT2D eigenvalue weighted by Crippen LogP contribution is 2.45. The van der Waals surface area contributed by atoms with E-state index in [4.69, 9.17) is 11.6 Å². The second kappa shape index (κ2) is 11.9. The van der Waals surface area contributed by atoms with Crippen molar-refractivity contribution in [3.05, 3.63) is 11.1 Å². The molecule has 2 aliphatic carbocycles. The number of halogens is 1. The Morgan fingerprint density at radius 3 is 2.48 bits per heavy atom. The summed E-state index contributed by atoms with van der Waals surface area (Å²) in [4.78, 5) is 2.77. The fourth-order valence-electron chi connectivity index (χ4n) is 6.87. The van der Waals surface area contributed by atoms with Gasteiger partial charge < -0.3 is 15.5 Å². The van der Waals surface area contributed by atoms with E-state index in [-0.39, 0.29) is 0 Å². The van der Waals surface area contributed by atoms with E-state index in [1.165, 1.54) is 77.7 Å². The average molecular weight is 452 g/mol. The molecule has 3 nitrogen and oxygen atoms in total. The minimum atomic E-state index is 0.395. The van der Waals surface area contributed by atoms with Crippen LogP contribution in [0.25, 0.3) is 0 Å². The highest BCUT2D eigenvalue weighted by Gasteiger charge is 2.40. The second-order valence-electron chi connectivity index (χ2n) is 12.0. The highest BCUT2D eigenvalue weighted by atomic mass is 35.5. The van der Waals surface area contributed by atoms with Gasteiger partial charge in [-0.05, 0) is 107 Å². The predicted molar refractivity (Wildman–Crippen MR) is 136 cm³/mol. The summed E-state index contributed by atoms with van der Waals surface area (Å²) >= 11 is 6.25. The second-order valence-corrected chi connectivity index (χ2v) is 12.5. The van der Waals surface area contributed by atoms with E-state index in [1.807, 2.05) is 0 Å². The molecular weight excluding hydrogens is 402 g/mol. The maximum atomic E-state index is 6.25. The molecule has 1 saturated heterocycles. The van der Waals surface area contributed by atoms with Gasteiger partial charge in [0, 0.05) is 24.2 Å². The summed E-state index contributed by atoms with van der Waals surface area (Å²) in [5.41, 5.74) is 0.395. The third-order valence-corrected chi connectivity index (χ3v) is 9.01. The van der Waals surface area contributed by atoms with Gasteiger partial charge in [-0.25, -0.2) is 0 Å². The Labute approximate surface area is 198 Å². The van der Waals surface area contributed by atoms with Crippen LogP contribution in [0.3, 0.4) is 0 Å². The number of allylic oxidation sites excluding steroid dienone is 2. The molecule has 3 rings (SSSR count). The molecule has 1 saturated carbocycles. The molecule has 0 radical (unpaired) electrons. The van der Waals surface area contributed by atoms with Crippen molar-refractivity contribution < 1.29 is 0 Å². The van der Waals surface area contributed by atoms with Crippen LogP contribution in [0.15, 0.2) is 11.1 Å². The zero-order valence-electron chi connectivity index (χ0n) is 21.1. The van der Waals surface area contributed by atoms with E-state index < -0.39 is 0 Å². The molecule has 0 bridgehead atoms. The number of likely N-dealkylation sites (tertiary alicyclic amines) is 1. The summed E-state index contributed by atoms with van der Waals surface area (Å²) < 4.78 is 0. The van der Waals surface area contributed by atoms with Gasteiger partial charge in [-0.3, -0.25) is 0 Å². The highest BCUT2D eigenvalue weighted by molar-refractivity contribution is 6.29. The van der Waals surface area contributed by atoms with Crippen LogP contribution in [-0.4, -0.2) is 50.7 Å². The van der Waals surface area contributed by atoms with Crippen LogP contribution in [-0.2, 0) is 0 Å². The Morgan fingerprint density at radius 2 is 1.87 bits per heavy atom. The molecule has 0 amide bonds. The first-order valence-electron chi connectivity index (χ1n) is 13.2. The Kier molecular flexibility index (Phi) is 9.77. The summed E-state index contributed by atoms with van der Waals surface area (Å²) in [5.74, 6) is 4.09. The third-order valence-electron chi connectivity index (χ3n) is 8.67. The van der Waals surface area contributed by atoms with E-state index >= 15 is 0 Å². The number of nitrogens with one attached hydrogen (secondary N) is 2. The lowest BCUT2D eigenvalue weighted by atomic mass is 9.65. The van der Waals surface area contributed by atoms with Gasteiger partial charge in [0.05, 0.1) is 0 Å². The molecule has 1 aliphatic heterocycles. The first-order chi connectivity index (χ1) is 14.8. The summed E-state index contributed by atoms with van der Waals surface area (Å²) in [5, 5.41) is 8.51. The van der Waals surface area contributed by atoms with Crippen LogP contribution in [0.1, 0.15) is 79.1 Å². The van der Waals surface area contributed by atoms with E-state index in [1.54, 1.807) is 0 Å². The van der Waals surface area contributed by atoms with Crippen molar-refractivity contribution in [3.8, 4) is 0 Å². The zero-order valence-corrected chi connectivity index (χ0v) is 21.8. The van der Waals surface area contributed by atoms with E-state index in [0.29, 0.717) is 17.4 Å². The van der Waals surface area contributed by atoms with Crippen molar-refractivity contribution in [2.24, 2.45) is 35.0 Å². The molecule has 1 heterocycles. The number of rotatable bonds is 9. The minimum Gasteiger partial charge on any atom is -0.319 e. The Balaban J connectivity index is 1.49.